The summed E-state index contributed by atoms with van der Waals surface area (Å²) < 4.78 is 1.92. The van der Waals surface area contributed by atoms with E-state index in [0.29, 0.717) is 18.2 Å². The Kier molecular flexibility index (Phi) is 4.31. The number of piperidine rings is 1. The van der Waals surface area contributed by atoms with Crippen molar-refractivity contribution >= 4 is 5.78 Å². The number of carbonyl (C=O) groups excluding carboxylic acids is 1. The summed E-state index contributed by atoms with van der Waals surface area (Å²) in [4.78, 5) is 16.2. The largest absolute Gasteiger partial charge is 0.329 e. The second kappa shape index (κ2) is 5.96. The van der Waals surface area contributed by atoms with Gasteiger partial charge in [0, 0.05) is 25.4 Å². The number of hydrogen-bond acceptors (Lipinski definition) is 3. The van der Waals surface area contributed by atoms with E-state index in [1.165, 1.54) is 12.8 Å². The highest BCUT2D eigenvalue weighted by molar-refractivity contribution is 5.92. The molecule has 1 unspecified atom stereocenters. The number of aryl methyl sites for hydroxylation is 1. The highest BCUT2D eigenvalue weighted by atomic mass is 16.1. The molecular weight excluding hydrogens is 214 g/mol. The number of imidazole rings is 1. The maximum absolute atomic E-state index is 12.0. The van der Waals surface area contributed by atoms with Gasteiger partial charge in [0.25, 0.3) is 0 Å². The molecule has 0 radical (unpaired) electrons. The van der Waals surface area contributed by atoms with Gasteiger partial charge in [0.2, 0.25) is 0 Å². The molecule has 1 atom stereocenters. The standard InChI is InChI=1S/C13H21N3O/c1-2-16-9-8-15-13(16)12(17)6-5-11-4-3-7-14-10-11/h8-9,11,14H,2-7,10H2,1H3. The molecule has 2 heterocycles. The second-order valence-corrected chi connectivity index (χ2v) is 4.71. The minimum Gasteiger partial charge on any atom is -0.329 e. The molecule has 0 saturated carbocycles. The van der Waals surface area contributed by atoms with Crippen LogP contribution in [0.3, 0.4) is 0 Å². The summed E-state index contributed by atoms with van der Waals surface area (Å²) in [6.07, 6.45) is 7.69. The van der Waals surface area contributed by atoms with Crippen molar-refractivity contribution in [2.75, 3.05) is 13.1 Å². The topological polar surface area (TPSA) is 46.9 Å². The third-order valence-electron chi connectivity index (χ3n) is 3.48. The maximum Gasteiger partial charge on any atom is 0.198 e. The van der Waals surface area contributed by atoms with Gasteiger partial charge in [-0.05, 0) is 45.2 Å². The first-order valence-electron chi connectivity index (χ1n) is 6.56. The Morgan fingerprint density at radius 2 is 2.53 bits per heavy atom. The van der Waals surface area contributed by atoms with Crippen molar-refractivity contribution in [3.63, 3.8) is 0 Å². The molecule has 1 aromatic rings. The van der Waals surface area contributed by atoms with Gasteiger partial charge in [-0.1, -0.05) is 0 Å². The lowest BCUT2D eigenvalue weighted by molar-refractivity contribution is 0.0957. The summed E-state index contributed by atoms with van der Waals surface area (Å²) in [6, 6.07) is 0. The molecule has 4 heteroatoms. The van der Waals surface area contributed by atoms with Gasteiger partial charge >= 0.3 is 0 Å². The molecule has 1 aliphatic heterocycles. The van der Waals surface area contributed by atoms with Crippen LogP contribution in [0.2, 0.25) is 0 Å². The van der Waals surface area contributed by atoms with Gasteiger partial charge in [-0.15, -0.1) is 0 Å². The quantitative estimate of drug-likeness (QED) is 0.792. The molecule has 17 heavy (non-hydrogen) atoms. The third kappa shape index (κ3) is 3.16. The molecular formula is C13H21N3O. The Balaban J connectivity index is 1.84. The van der Waals surface area contributed by atoms with E-state index in [4.69, 9.17) is 0 Å². The molecule has 1 fully saturated rings. The van der Waals surface area contributed by atoms with E-state index in [2.05, 4.69) is 10.3 Å². The lowest BCUT2D eigenvalue weighted by atomic mass is 9.93. The number of Topliss-reactive ketones (excluding diaryl/α,β-unsaturated/α-hetero) is 1. The van der Waals surface area contributed by atoms with E-state index in [1.807, 2.05) is 17.7 Å². The van der Waals surface area contributed by atoms with Gasteiger partial charge in [-0.2, -0.15) is 0 Å². The molecule has 1 N–H and O–H groups in total. The zero-order valence-electron chi connectivity index (χ0n) is 10.5. The van der Waals surface area contributed by atoms with Crippen LogP contribution < -0.4 is 5.32 Å². The highest BCUT2D eigenvalue weighted by Crippen LogP contribution is 2.17. The number of hydrogen-bond donors (Lipinski definition) is 1. The fourth-order valence-corrected chi connectivity index (χ4v) is 2.43. The van der Waals surface area contributed by atoms with Gasteiger partial charge in [-0.3, -0.25) is 4.79 Å². The average molecular weight is 235 g/mol. The first kappa shape index (κ1) is 12.3. The highest BCUT2D eigenvalue weighted by Gasteiger charge is 2.17. The van der Waals surface area contributed by atoms with Crippen LogP contribution in [0.25, 0.3) is 0 Å². The number of ketones is 1. The lowest BCUT2D eigenvalue weighted by Crippen LogP contribution is -2.30. The summed E-state index contributed by atoms with van der Waals surface area (Å²) in [5, 5.41) is 3.38. The fourth-order valence-electron chi connectivity index (χ4n) is 2.43. The molecule has 0 bridgehead atoms. The van der Waals surface area contributed by atoms with E-state index in [1.54, 1.807) is 6.20 Å². The normalized spacial score (nSPS) is 20.4. The zero-order chi connectivity index (χ0) is 12.1. The first-order chi connectivity index (χ1) is 8.31. The van der Waals surface area contributed by atoms with E-state index in [9.17, 15) is 4.79 Å². The Bertz CT molecular complexity index is 366. The van der Waals surface area contributed by atoms with Gasteiger partial charge in [0.15, 0.2) is 11.6 Å². The Labute approximate surface area is 102 Å². The van der Waals surface area contributed by atoms with Crippen LogP contribution in [-0.2, 0) is 6.54 Å². The van der Waals surface area contributed by atoms with Gasteiger partial charge in [0.05, 0.1) is 0 Å². The van der Waals surface area contributed by atoms with Crippen LogP contribution >= 0.6 is 0 Å². The van der Waals surface area contributed by atoms with E-state index >= 15 is 0 Å². The van der Waals surface area contributed by atoms with E-state index < -0.39 is 0 Å². The molecule has 94 valence electrons. The number of rotatable bonds is 5. The fraction of sp³-hybridized carbons (Fsp3) is 0.692. The average Bonchev–Trinajstić information content (AvgIpc) is 2.85. The number of nitrogens with one attached hydrogen (secondary N) is 1. The molecule has 2 rings (SSSR count). The van der Waals surface area contributed by atoms with E-state index in [0.717, 1.165) is 26.1 Å². The summed E-state index contributed by atoms with van der Waals surface area (Å²) >= 11 is 0. The van der Waals surface area contributed by atoms with Gasteiger partial charge < -0.3 is 9.88 Å². The zero-order valence-corrected chi connectivity index (χ0v) is 10.5. The summed E-state index contributed by atoms with van der Waals surface area (Å²) in [5.74, 6) is 1.47. The molecule has 1 saturated heterocycles. The molecule has 1 aliphatic rings. The smallest absolute Gasteiger partial charge is 0.198 e. The molecule has 0 spiro atoms. The van der Waals surface area contributed by atoms with Crippen LogP contribution in [0, 0.1) is 5.92 Å². The maximum atomic E-state index is 12.0. The van der Waals surface area contributed by atoms with E-state index in [-0.39, 0.29) is 5.78 Å². The Morgan fingerprint density at radius 1 is 1.65 bits per heavy atom. The van der Waals surface area contributed by atoms with Crippen LogP contribution in [0.1, 0.15) is 43.2 Å². The minimum atomic E-state index is 0.183. The van der Waals surface area contributed by atoms with Gasteiger partial charge in [-0.25, -0.2) is 4.98 Å². The van der Waals surface area contributed by atoms with Crippen molar-refractivity contribution in [1.82, 2.24) is 14.9 Å². The predicted octanol–water partition coefficient (Wildman–Crippen LogP) is 1.87. The number of nitrogens with zero attached hydrogens (tertiary/aromatic N) is 2. The minimum absolute atomic E-state index is 0.183. The van der Waals surface area contributed by atoms with Crippen LogP contribution in [-0.4, -0.2) is 28.4 Å². The summed E-state index contributed by atoms with van der Waals surface area (Å²) in [7, 11) is 0. The first-order valence-corrected chi connectivity index (χ1v) is 6.56. The monoisotopic (exact) mass is 235 g/mol. The van der Waals surface area contributed by atoms with Crippen molar-refractivity contribution in [1.29, 1.82) is 0 Å². The molecule has 1 aromatic heterocycles. The lowest BCUT2D eigenvalue weighted by Gasteiger charge is -2.22. The van der Waals surface area contributed by atoms with Crippen molar-refractivity contribution in [2.24, 2.45) is 5.92 Å². The summed E-state index contributed by atoms with van der Waals surface area (Å²) in [5.41, 5.74) is 0. The van der Waals surface area contributed by atoms with Crippen molar-refractivity contribution < 1.29 is 4.79 Å². The Morgan fingerprint density at radius 3 is 3.24 bits per heavy atom. The SMILES string of the molecule is CCn1ccnc1C(=O)CCC1CCCNC1. The molecule has 4 nitrogen and oxygen atoms in total. The number of carbonyl (C=O) groups is 1. The van der Waals surface area contributed by atoms with Crippen molar-refractivity contribution in [2.45, 2.75) is 39.2 Å². The van der Waals surface area contributed by atoms with Crippen molar-refractivity contribution in [3.05, 3.63) is 18.2 Å². The number of aromatic nitrogens is 2. The van der Waals surface area contributed by atoms with Crippen LogP contribution in [0.5, 0.6) is 0 Å². The van der Waals surface area contributed by atoms with Crippen LogP contribution in [0.4, 0.5) is 0 Å². The molecule has 0 amide bonds. The summed E-state index contributed by atoms with van der Waals surface area (Å²) in [6.45, 7) is 5.04. The Hall–Kier alpha value is -1.16. The third-order valence-corrected chi connectivity index (χ3v) is 3.48. The second-order valence-electron chi connectivity index (χ2n) is 4.71. The molecule has 0 aliphatic carbocycles. The van der Waals surface area contributed by atoms with Gasteiger partial charge in [0.1, 0.15) is 0 Å². The molecule has 0 aromatic carbocycles. The van der Waals surface area contributed by atoms with Crippen LogP contribution in [0.15, 0.2) is 12.4 Å². The van der Waals surface area contributed by atoms with Crippen molar-refractivity contribution in [3.8, 4) is 0 Å². The predicted molar refractivity (Wildman–Crippen MR) is 67.1 cm³/mol.